The SMILES string of the molecule is COCCOCCCCNc1ncc(N)cc1C. The fourth-order valence-electron chi connectivity index (χ4n) is 1.56. The van der Waals surface area contributed by atoms with Gasteiger partial charge in [0.1, 0.15) is 5.82 Å². The Bertz CT molecular complexity index is 345. The Balaban J connectivity index is 2.07. The molecule has 0 atom stereocenters. The molecule has 0 aliphatic heterocycles. The second kappa shape index (κ2) is 8.72. The standard InChI is InChI=1S/C13H23N3O2/c1-11-9-12(14)10-16-13(11)15-5-3-4-6-18-8-7-17-2/h9-10H,3-8,14H2,1-2H3,(H,15,16). The van der Waals surface area contributed by atoms with Crippen LogP contribution in [0.15, 0.2) is 12.3 Å². The number of nitrogens with two attached hydrogens (primary N) is 1. The summed E-state index contributed by atoms with van der Waals surface area (Å²) < 4.78 is 10.3. The molecule has 0 saturated carbocycles. The third kappa shape index (κ3) is 5.84. The van der Waals surface area contributed by atoms with Gasteiger partial charge in [0, 0.05) is 20.3 Å². The van der Waals surface area contributed by atoms with Crippen molar-refractivity contribution in [3.8, 4) is 0 Å². The van der Waals surface area contributed by atoms with Crippen LogP contribution in [-0.4, -0.2) is 38.5 Å². The summed E-state index contributed by atoms with van der Waals surface area (Å²) in [5.41, 5.74) is 7.42. The third-order valence-electron chi connectivity index (χ3n) is 2.54. The normalized spacial score (nSPS) is 10.6. The number of hydrogen-bond donors (Lipinski definition) is 2. The summed E-state index contributed by atoms with van der Waals surface area (Å²) >= 11 is 0. The number of hydrogen-bond acceptors (Lipinski definition) is 5. The fraction of sp³-hybridized carbons (Fsp3) is 0.615. The van der Waals surface area contributed by atoms with Crippen molar-refractivity contribution in [3.05, 3.63) is 17.8 Å². The summed E-state index contributed by atoms with van der Waals surface area (Å²) in [7, 11) is 1.68. The minimum Gasteiger partial charge on any atom is -0.397 e. The van der Waals surface area contributed by atoms with Gasteiger partial charge in [-0.25, -0.2) is 4.98 Å². The Morgan fingerprint density at radius 1 is 1.28 bits per heavy atom. The topological polar surface area (TPSA) is 69.4 Å². The second-order valence-electron chi connectivity index (χ2n) is 4.17. The minimum atomic E-state index is 0.660. The number of anilines is 2. The van der Waals surface area contributed by atoms with Gasteiger partial charge in [-0.2, -0.15) is 0 Å². The molecule has 18 heavy (non-hydrogen) atoms. The highest BCUT2D eigenvalue weighted by Crippen LogP contribution is 2.13. The van der Waals surface area contributed by atoms with Crippen molar-refractivity contribution in [2.45, 2.75) is 19.8 Å². The first-order valence-electron chi connectivity index (χ1n) is 6.26. The number of nitrogen functional groups attached to an aromatic ring is 1. The molecule has 3 N–H and O–H groups in total. The Hall–Kier alpha value is -1.33. The molecule has 0 unspecified atom stereocenters. The molecule has 0 aliphatic rings. The number of rotatable bonds is 9. The number of pyridine rings is 1. The molecular formula is C13H23N3O2. The van der Waals surface area contributed by atoms with Gasteiger partial charge in [0.05, 0.1) is 25.1 Å². The number of methoxy groups -OCH3 is 1. The van der Waals surface area contributed by atoms with E-state index >= 15 is 0 Å². The molecule has 0 radical (unpaired) electrons. The summed E-state index contributed by atoms with van der Waals surface area (Å²) in [6, 6.07) is 1.92. The first-order chi connectivity index (χ1) is 8.74. The number of aryl methyl sites for hydroxylation is 1. The Kier molecular flexibility index (Phi) is 7.13. The maximum atomic E-state index is 5.64. The van der Waals surface area contributed by atoms with Crippen molar-refractivity contribution in [1.82, 2.24) is 4.98 Å². The number of aromatic nitrogens is 1. The monoisotopic (exact) mass is 253 g/mol. The van der Waals surface area contributed by atoms with E-state index in [9.17, 15) is 0 Å². The summed E-state index contributed by atoms with van der Waals surface area (Å²) in [4.78, 5) is 4.25. The molecule has 0 bridgehead atoms. The van der Waals surface area contributed by atoms with Gasteiger partial charge >= 0.3 is 0 Å². The second-order valence-corrected chi connectivity index (χ2v) is 4.17. The fourth-order valence-corrected chi connectivity index (χ4v) is 1.56. The maximum absolute atomic E-state index is 5.64. The van der Waals surface area contributed by atoms with E-state index in [-0.39, 0.29) is 0 Å². The Morgan fingerprint density at radius 2 is 2.11 bits per heavy atom. The number of unbranched alkanes of at least 4 members (excludes halogenated alkanes) is 1. The van der Waals surface area contributed by atoms with Crippen molar-refractivity contribution in [2.75, 3.05) is 44.5 Å². The first-order valence-corrected chi connectivity index (χ1v) is 6.26. The van der Waals surface area contributed by atoms with Crippen LogP contribution >= 0.6 is 0 Å². The highest BCUT2D eigenvalue weighted by Gasteiger charge is 1.99. The third-order valence-corrected chi connectivity index (χ3v) is 2.54. The molecule has 0 spiro atoms. The molecule has 1 aromatic rings. The molecular weight excluding hydrogens is 230 g/mol. The summed E-state index contributed by atoms with van der Waals surface area (Å²) in [5, 5.41) is 3.30. The molecule has 1 heterocycles. The molecule has 102 valence electrons. The zero-order valence-electron chi connectivity index (χ0n) is 11.2. The zero-order valence-corrected chi connectivity index (χ0v) is 11.2. The molecule has 5 heteroatoms. The van der Waals surface area contributed by atoms with E-state index in [1.54, 1.807) is 13.3 Å². The van der Waals surface area contributed by atoms with Gasteiger partial charge in [-0.15, -0.1) is 0 Å². The van der Waals surface area contributed by atoms with Gasteiger partial charge in [0.2, 0.25) is 0 Å². The van der Waals surface area contributed by atoms with Crippen molar-refractivity contribution in [3.63, 3.8) is 0 Å². The first kappa shape index (κ1) is 14.7. The van der Waals surface area contributed by atoms with Crippen LogP contribution in [0.5, 0.6) is 0 Å². The molecule has 0 amide bonds. The average Bonchev–Trinajstić information content (AvgIpc) is 2.35. The van der Waals surface area contributed by atoms with Gasteiger partial charge < -0.3 is 20.5 Å². The zero-order chi connectivity index (χ0) is 13.2. The number of nitrogens with zero attached hydrogens (tertiary/aromatic N) is 1. The van der Waals surface area contributed by atoms with Crippen LogP contribution in [0.3, 0.4) is 0 Å². The van der Waals surface area contributed by atoms with Crippen molar-refractivity contribution in [1.29, 1.82) is 0 Å². The maximum Gasteiger partial charge on any atom is 0.128 e. The smallest absolute Gasteiger partial charge is 0.128 e. The van der Waals surface area contributed by atoms with Gasteiger partial charge in [0.25, 0.3) is 0 Å². The van der Waals surface area contributed by atoms with Crippen LogP contribution in [0.1, 0.15) is 18.4 Å². The molecule has 0 saturated heterocycles. The predicted octanol–water partition coefficient (Wildman–Crippen LogP) is 1.83. The number of nitrogens with one attached hydrogen (secondary N) is 1. The molecule has 0 fully saturated rings. The lowest BCUT2D eigenvalue weighted by Gasteiger charge is -2.09. The van der Waals surface area contributed by atoms with Crippen molar-refractivity contribution < 1.29 is 9.47 Å². The van der Waals surface area contributed by atoms with Crippen LogP contribution < -0.4 is 11.1 Å². The van der Waals surface area contributed by atoms with E-state index in [0.29, 0.717) is 18.9 Å². The lowest BCUT2D eigenvalue weighted by molar-refractivity contribution is 0.0691. The lowest BCUT2D eigenvalue weighted by atomic mass is 10.2. The molecule has 1 rings (SSSR count). The molecule has 0 aromatic carbocycles. The van der Waals surface area contributed by atoms with E-state index in [1.807, 2.05) is 13.0 Å². The van der Waals surface area contributed by atoms with Crippen LogP contribution in [0, 0.1) is 6.92 Å². The summed E-state index contributed by atoms with van der Waals surface area (Å²) in [6.45, 7) is 5.00. The van der Waals surface area contributed by atoms with E-state index in [4.69, 9.17) is 15.2 Å². The number of ether oxygens (including phenoxy) is 2. The van der Waals surface area contributed by atoms with E-state index in [2.05, 4.69) is 10.3 Å². The minimum absolute atomic E-state index is 0.660. The predicted molar refractivity (Wildman–Crippen MR) is 73.8 cm³/mol. The highest BCUT2D eigenvalue weighted by atomic mass is 16.5. The largest absolute Gasteiger partial charge is 0.397 e. The van der Waals surface area contributed by atoms with Crippen LogP contribution in [-0.2, 0) is 9.47 Å². The van der Waals surface area contributed by atoms with Gasteiger partial charge in [-0.1, -0.05) is 0 Å². The van der Waals surface area contributed by atoms with Crippen LogP contribution in [0.2, 0.25) is 0 Å². The summed E-state index contributed by atoms with van der Waals surface area (Å²) in [5.74, 6) is 0.907. The molecule has 5 nitrogen and oxygen atoms in total. The quantitative estimate of drug-likeness (QED) is 0.657. The van der Waals surface area contributed by atoms with E-state index in [1.165, 1.54) is 0 Å². The molecule has 0 aliphatic carbocycles. The highest BCUT2D eigenvalue weighted by molar-refractivity contribution is 5.50. The Morgan fingerprint density at radius 3 is 2.83 bits per heavy atom. The van der Waals surface area contributed by atoms with Crippen LogP contribution in [0.25, 0.3) is 0 Å². The van der Waals surface area contributed by atoms with Crippen LogP contribution in [0.4, 0.5) is 11.5 Å². The average molecular weight is 253 g/mol. The van der Waals surface area contributed by atoms with Gasteiger partial charge in [-0.05, 0) is 31.4 Å². The lowest BCUT2D eigenvalue weighted by Crippen LogP contribution is -2.08. The van der Waals surface area contributed by atoms with E-state index < -0.39 is 0 Å². The van der Waals surface area contributed by atoms with Gasteiger partial charge in [-0.3, -0.25) is 0 Å². The molecule has 1 aromatic heterocycles. The van der Waals surface area contributed by atoms with E-state index in [0.717, 1.165) is 37.4 Å². The van der Waals surface area contributed by atoms with Crippen molar-refractivity contribution >= 4 is 11.5 Å². The summed E-state index contributed by atoms with van der Waals surface area (Å²) in [6.07, 6.45) is 3.76. The van der Waals surface area contributed by atoms with Gasteiger partial charge in [0.15, 0.2) is 0 Å². The Labute approximate surface area is 109 Å². The van der Waals surface area contributed by atoms with Crippen molar-refractivity contribution in [2.24, 2.45) is 0 Å².